The van der Waals surface area contributed by atoms with Gasteiger partial charge in [-0.25, -0.2) is 0 Å². The van der Waals surface area contributed by atoms with Crippen molar-refractivity contribution < 1.29 is 9.53 Å². The quantitative estimate of drug-likeness (QED) is 0.555. The van der Waals surface area contributed by atoms with Crippen molar-refractivity contribution in [3.63, 3.8) is 0 Å². The Labute approximate surface area is 211 Å². The van der Waals surface area contributed by atoms with E-state index in [4.69, 9.17) is 10.5 Å². The summed E-state index contributed by atoms with van der Waals surface area (Å²) < 4.78 is 6.15. The van der Waals surface area contributed by atoms with Crippen LogP contribution in [0.1, 0.15) is 52.1 Å². The lowest BCUT2D eigenvalue weighted by molar-refractivity contribution is 0.0255. The Bertz CT molecular complexity index is 1270. The summed E-state index contributed by atoms with van der Waals surface area (Å²) in [4.78, 5) is 16.8. The van der Waals surface area contributed by atoms with E-state index in [1.165, 1.54) is 38.7 Å². The number of ether oxygens (including phenoxy) is 1. The lowest BCUT2D eigenvalue weighted by Crippen LogP contribution is -2.52. The molecule has 5 nitrogen and oxygen atoms in total. The summed E-state index contributed by atoms with van der Waals surface area (Å²) >= 11 is 2.02. The molecule has 3 heterocycles. The van der Waals surface area contributed by atoms with E-state index < -0.39 is 0 Å². The number of benzene rings is 3. The number of piperazine rings is 1. The summed E-state index contributed by atoms with van der Waals surface area (Å²) in [6, 6.07) is 17.8. The van der Waals surface area contributed by atoms with Gasteiger partial charge in [-0.3, -0.25) is 9.69 Å². The highest BCUT2D eigenvalue weighted by Gasteiger charge is 2.28. The monoisotopic (exact) mass is 487 g/mol. The number of carbonyl (C=O) groups excluding carboxylic acids is 1. The van der Waals surface area contributed by atoms with Crippen molar-refractivity contribution in [2.75, 3.05) is 37.7 Å². The van der Waals surface area contributed by atoms with Crippen LogP contribution in [0.3, 0.4) is 0 Å². The molecule has 2 N–H and O–H groups in total. The molecule has 3 aromatic rings. The van der Waals surface area contributed by atoms with Gasteiger partial charge in [-0.05, 0) is 65.6 Å². The van der Waals surface area contributed by atoms with Gasteiger partial charge in [0.2, 0.25) is 5.91 Å². The van der Waals surface area contributed by atoms with E-state index in [2.05, 4.69) is 47.1 Å². The van der Waals surface area contributed by atoms with Gasteiger partial charge in [0.1, 0.15) is 0 Å². The Hall–Kier alpha value is -2.54. The highest BCUT2D eigenvalue weighted by molar-refractivity contribution is 7.97. The molecule has 0 unspecified atom stereocenters. The lowest BCUT2D eigenvalue weighted by Gasteiger charge is -2.42. The van der Waals surface area contributed by atoms with Crippen molar-refractivity contribution in [2.45, 2.75) is 43.4 Å². The zero-order chi connectivity index (χ0) is 23.9. The maximum absolute atomic E-state index is 11.6. The third kappa shape index (κ3) is 4.32. The molecular formula is C29H33N3O2S. The zero-order valence-corrected chi connectivity index (χ0v) is 21.2. The summed E-state index contributed by atoms with van der Waals surface area (Å²) in [5.41, 5.74) is 12.8. The SMILES string of the molecule is C[C@@H]1CN(c2ccc3c4c(cccc24)CSC3)CCN1CC[C@@H]1OCCc2cc(C(N)=O)ccc21. The molecule has 0 radical (unpaired) electrons. The fraction of sp³-hybridized carbons (Fsp3) is 0.414. The van der Waals surface area contributed by atoms with Crippen LogP contribution in [0.4, 0.5) is 5.69 Å². The topological polar surface area (TPSA) is 58.8 Å². The predicted octanol–water partition coefficient (Wildman–Crippen LogP) is 4.90. The Morgan fingerprint density at radius 3 is 2.77 bits per heavy atom. The van der Waals surface area contributed by atoms with Crippen LogP contribution in [0, 0.1) is 0 Å². The van der Waals surface area contributed by atoms with Crippen LogP contribution < -0.4 is 10.6 Å². The number of nitrogens with zero attached hydrogens (tertiary/aromatic N) is 2. The Balaban J connectivity index is 1.14. The molecule has 2 atom stereocenters. The minimum atomic E-state index is -0.364. The van der Waals surface area contributed by atoms with E-state index >= 15 is 0 Å². The first kappa shape index (κ1) is 22.9. The minimum absolute atomic E-state index is 0.0872. The zero-order valence-electron chi connectivity index (χ0n) is 20.3. The lowest BCUT2D eigenvalue weighted by atomic mass is 9.93. The van der Waals surface area contributed by atoms with Crippen LogP contribution in [-0.4, -0.2) is 49.6 Å². The molecule has 1 fully saturated rings. The normalized spacial score (nSPS) is 22.3. The Morgan fingerprint density at radius 1 is 1.09 bits per heavy atom. The maximum atomic E-state index is 11.6. The van der Waals surface area contributed by atoms with Crippen molar-refractivity contribution in [3.8, 4) is 0 Å². The molecule has 0 saturated carbocycles. The molecule has 1 amide bonds. The Kier molecular flexibility index (Phi) is 6.21. The third-order valence-corrected chi connectivity index (χ3v) is 8.98. The maximum Gasteiger partial charge on any atom is 0.248 e. The molecule has 182 valence electrons. The fourth-order valence-electron chi connectivity index (χ4n) is 6.09. The van der Waals surface area contributed by atoms with Crippen LogP contribution in [-0.2, 0) is 22.7 Å². The number of carbonyl (C=O) groups is 1. The number of fused-ring (bicyclic) bond motifs is 1. The minimum Gasteiger partial charge on any atom is -0.373 e. The van der Waals surface area contributed by atoms with Gasteiger partial charge in [0.05, 0.1) is 12.7 Å². The van der Waals surface area contributed by atoms with E-state index in [0.29, 0.717) is 18.2 Å². The van der Waals surface area contributed by atoms with Crippen molar-refractivity contribution >= 4 is 34.1 Å². The van der Waals surface area contributed by atoms with Crippen LogP contribution in [0.5, 0.6) is 0 Å². The van der Waals surface area contributed by atoms with Gasteiger partial charge in [-0.1, -0.05) is 30.3 Å². The highest BCUT2D eigenvalue weighted by Crippen LogP contribution is 2.39. The summed E-state index contributed by atoms with van der Waals surface area (Å²) in [5.74, 6) is 1.87. The van der Waals surface area contributed by atoms with Gasteiger partial charge < -0.3 is 15.4 Å². The number of thioether (sulfide) groups is 1. The molecule has 3 aliphatic rings. The summed E-state index contributed by atoms with van der Waals surface area (Å²) in [6.07, 6.45) is 1.89. The van der Waals surface area contributed by atoms with Crippen molar-refractivity contribution in [1.29, 1.82) is 0 Å². The number of primary amides is 1. The van der Waals surface area contributed by atoms with E-state index in [0.717, 1.165) is 50.5 Å². The summed E-state index contributed by atoms with van der Waals surface area (Å²) in [6.45, 7) is 7.20. The molecule has 0 bridgehead atoms. The second-order valence-electron chi connectivity index (χ2n) is 10.1. The van der Waals surface area contributed by atoms with Gasteiger partial charge in [0.25, 0.3) is 0 Å². The van der Waals surface area contributed by atoms with Crippen LogP contribution in [0.25, 0.3) is 10.8 Å². The van der Waals surface area contributed by atoms with E-state index in [1.54, 1.807) is 0 Å². The molecule has 35 heavy (non-hydrogen) atoms. The predicted molar refractivity (Wildman–Crippen MR) is 144 cm³/mol. The average molecular weight is 488 g/mol. The average Bonchev–Trinajstić information content (AvgIpc) is 2.88. The number of hydrogen-bond acceptors (Lipinski definition) is 5. The van der Waals surface area contributed by atoms with Gasteiger partial charge in [0.15, 0.2) is 0 Å². The molecule has 6 heteroatoms. The van der Waals surface area contributed by atoms with Gasteiger partial charge >= 0.3 is 0 Å². The van der Waals surface area contributed by atoms with Crippen molar-refractivity contribution in [2.24, 2.45) is 5.73 Å². The van der Waals surface area contributed by atoms with E-state index in [-0.39, 0.29) is 12.0 Å². The molecule has 0 aromatic heterocycles. The van der Waals surface area contributed by atoms with Crippen LogP contribution >= 0.6 is 11.8 Å². The van der Waals surface area contributed by atoms with Crippen LogP contribution in [0.2, 0.25) is 0 Å². The number of anilines is 1. The van der Waals surface area contributed by atoms with Gasteiger partial charge in [-0.15, -0.1) is 0 Å². The first-order valence-corrected chi connectivity index (χ1v) is 13.9. The number of amides is 1. The molecule has 1 saturated heterocycles. The molecule has 0 spiro atoms. The molecule has 0 aliphatic carbocycles. The second-order valence-corrected chi connectivity index (χ2v) is 11.1. The smallest absolute Gasteiger partial charge is 0.248 e. The van der Waals surface area contributed by atoms with Crippen molar-refractivity contribution in [3.05, 3.63) is 76.3 Å². The summed E-state index contributed by atoms with van der Waals surface area (Å²) in [7, 11) is 0. The number of hydrogen-bond donors (Lipinski definition) is 1. The largest absolute Gasteiger partial charge is 0.373 e. The first-order valence-electron chi connectivity index (χ1n) is 12.7. The Morgan fingerprint density at radius 2 is 1.94 bits per heavy atom. The first-order chi connectivity index (χ1) is 17.1. The third-order valence-electron chi connectivity index (χ3n) is 7.95. The number of rotatable bonds is 5. The second kappa shape index (κ2) is 9.49. The van der Waals surface area contributed by atoms with Crippen LogP contribution in [0.15, 0.2) is 48.5 Å². The van der Waals surface area contributed by atoms with Crippen molar-refractivity contribution in [1.82, 2.24) is 4.90 Å². The molecular weight excluding hydrogens is 454 g/mol. The van der Waals surface area contributed by atoms with Gasteiger partial charge in [-0.2, -0.15) is 11.8 Å². The van der Waals surface area contributed by atoms with Gasteiger partial charge in [0, 0.05) is 60.4 Å². The molecule has 6 rings (SSSR count). The standard InChI is InChI=1S/C29H33N3O2S/c1-19-16-32(26-8-6-23-18-35-17-22-3-2-4-25(26)28(22)23)13-12-31(19)11-9-27-24-7-5-21(29(30)33)15-20(24)10-14-34-27/h2-8,15,19,27H,9-14,16-18H2,1H3,(H2,30,33)/t19-,27+/m1/s1. The van der Waals surface area contributed by atoms with E-state index in [9.17, 15) is 4.79 Å². The fourth-order valence-corrected chi connectivity index (χ4v) is 7.11. The molecule has 3 aliphatic heterocycles. The summed E-state index contributed by atoms with van der Waals surface area (Å²) in [5, 5.41) is 2.91. The molecule has 3 aromatic carbocycles. The number of nitrogens with two attached hydrogens (primary N) is 1. The van der Waals surface area contributed by atoms with E-state index in [1.807, 2.05) is 30.0 Å². The highest BCUT2D eigenvalue weighted by atomic mass is 32.2.